The zero-order valence-corrected chi connectivity index (χ0v) is 17.6. The van der Waals surface area contributed by atoms with Gasteiger partial charge in [0.2, 0.25) is 0 Å². The summed E-state index contributed by atoms with van der Waals surface area (Å²) >= 11 is 0.944. The molecule has 0 spiro atoms. The van der Waals surface area contributed by atoms with E-state index >= 15 is 0 Å². The maximum atomic E-state index is 14.5. The Labute approximate surface area is 185 Å². The Kier molecular flexibility index (Phi) is 5.79. The van der Waals surface area contributed by atoms with Crippen LogP contribution in [0.3, 0.4) is 0 Å². The first-order valence-corrected chi connectivity index (χ1v) is 10.9. The number of carbonyl (C=O) groups excluding carboxylic acids is 1. The molecule has 2 aromatic rings. The number of hydrogen-bond donors (Lipinski definition) is 1. The Balaban J connectivity index is 1.87. The van der Waals surface area contributed by atoms with Crippen molar-refractivity contribution in [1.29, 1.82) is 0 Å². The summed E-state index contributed by atoms with van der Waals surface area (Å²) in [4.78, 5) is 12.0. The molecule has 1 fully saturated rings. The molecular weight excluding hydrogens is 449 g/mol. The number of rotatable bonds is 6. The molecule has 10 heteroatoms. The van der Waals surface area contributed by atoms with Gasteiger partial charge >= 0.3 is 6.18 Å². The van der Waals surface area contributed by atoms with Crippen LogP contribution in [0.4, 0.5) is 22.0 Å². The van der Waals surface area contributed by atoms with Crippen molar-refractivity contribution in [3.63, 3.8) is 0 Å². The lowest BCUT2D eigenvalue weighted by Crippen LogP contribution is -2.49. The minimum Gasteiger partial charge on any atom is -0.330 e. The van der Waals surface area contributed by atoms with Gasteiger partial charge in [0.05, 0.1) is 0 Å². The minimum atomic E-state index is -4.74. The number of hydrogen-bond acceptors (Lipinski definition) is 4. The highest BCUT2D eigenvalue weighted by molar-refractivity contribution is 8.15. The van der Waals surface area contributed by atoms with Crippen LogP contribution >= 0.6 is 11.8 Å². The molecule has 2 aliphatic rings. The smallest absolute Gasteiger partial charge is 0.330 e. The van der Waals surface area contributed by atoms with Gasteiger partial charge in [-0.25, -0.2) is 13.8 Å². The molecule has 2 aromatic carbocycles. The number of carbonyl (C=O) groups is 1. The van der Waals surface area contributed by atoms with Crippen molar-refractivity contribution in [1.82, 2.24) is 5.01 Å². The molecule has 1 aliphatic carbocycles. The zero-order chi connectivity index (χ0) is 23.1. The molecule has 4 rings (SSSR count). The third kappa shape index (κ3) is 3.69. The molecule has 1 atom stereocenters. The second kappa shape index (κ2) is 8.15. The highest BCUT2D eigenvalue weighted by Crippen LogP contribution is 2.61. The average Bonchev–Trinajstić information content (AvgIpc) is 3.51. The number of hydrazone groups is 1. The van der Waals surface area contributed by atoms with Crippen LogP contribution < -0.4 is 5.73 Å². The number of amides is 1. The topological polar surface area (TPSA) is 58.7 Å². The van der Waals surface area contributed by atoms with E-state index in [2.05, 4.69) is 5.10 Å². The van der Waals surface area contributed by atoms with Crippen LogP contribution in [0.5, 0.6) is 0 Å². The van der Waals surface area contributed by atoms with E-state index in [0.29, 0.717) is 12.0 Å². The van der Waals surface area contributed by atoms with Crippen molar-refractivity contribution in [3.05, 3.63) is 71.3 Å². The first-order chi connectivity index (χ1) is 15.1. The van der Waals surface area contributed by atoms with Gasteiger partial charge in [0.25, 0.3) is 5.91 Å². The summed E-state index contributed by atoms with van der Waals surface area (Å²) in [7, 11) is 0. The molecule has 1 unspecified atom stereocenters. The maximum Gasteiger partial charge on any atom is 0.403 e. The van der Waals surface area contributed by atoms with Crippen LogP contribution in [0.15, 0.2) is 53.6 Å². The summed E-state index contributed by atoms with van der Waals surface area (Å²) in [6.07, 6.45) is -4.86. The van der Waals surface area contributed by atoms with Crippen molar-refractivity contribution in [2.24, 2.45) is 16.3 Å². The second-order valence-corrected chi connectivity index (χ2v) is 9.14. The predicted molar refractivity (Wildman–Crippen MR) is 111 cm³/mol. The van der Waals surface area contributed by atoms with Crippen molar-refractivity contribution in [2.75, 3.05) is 6.54 Å². The number of benzene rings is 2. The molecule has 1 aliphatic heterocycles. The van der Waals surface area contributed by atoms with Crippen LogP contribution in [0.25, 0.3) is 0 Å². The molecule has 170 valence electrons. The number of thioether (sulfide) groups is 1. The van der Waals surface area contributed by atoms with E-state index in [9.17, 15) is 26.7 Å². The van der Waals surface area contributed by atoms with Crippen LogP contribution in [0.2, 0.25) is 0 Å². The van der Waals surface area contributed by atoms with E-state index in [4.69, 9.17) is 5.73 Å². The normalized spacial score (nSPS) is 22.1. The molecule has 0 aromatic heterocycles. The largest absolute Gasteiger partial charge is 0.403 e. The summed E-state index contributed by atoms with van der Waals surface area (Å²) < 4.78 is 69.8. The van der Waals surface area contributed by atoms with Gasteiger partial charge in [-0.3, -0.25) is 4.79 Å². The lowest BCUT2D eigenvalue weighted by atomic mass is 9.97. The van der Waals surface area contributed by atoms with Gasteiger partial charge in [-0.1, -0.05) is 42.1 Å². The van der Waals surface area contributed by atoms with Gasteiger partial charge in [-0.2, -0.15) is 18.3 Å². The van der Waals surface area contributed by atoms with Crippen molar-refractivity contribution in [2.45, 2.75) is 36.7 Å². The van der Waals surface area contributed by atoms with E-state index in [1.165, 1.54) is 0 Å². The molecule has 0 saturated heterocycles. The SMILES string of the molecule is NCCCC1(c2ccccc2)SC(c2cc(F)ccc2F)=NN1C(=O)C1(C(F)(F)F)CC1. The summed E-state index contributed by atoms with van der Waals surface area (Å²) in [5.74, 6) is -2.70. The first kappa shape index (κ1) is 22.7. The molecule has 32 heavy (non-hydrogen) atoms. The van der Waals surface area contributed by atoms with E-state index < -0.39 is 34.0 Å². The first-order valence-electron chi connectivity index (χ1n) is 10.0. The number of alkyl halides is 3. The standard InChI is InChI=1S/C22H20F5N3OS/c23-15-7-8-17(24)16(13-15)18-29-30(19(31)20(10-11-20)22(25,26)27)21(32-18,9-4-12-28)14-5-2-1-3-6-14/h1-3,5-8,13H,4,9-12,28H2. The van der Waals surface area contributed by atoms with Crippen molar-refractivity contribution in [3.8, 4) is 0 Å². The predicted octanol–water partition coefficient (Wildman–Crippen LogP) is 5.14. The van der Waals surface area contributed by atoms with Crippen molar-refractivity contribution < 1.29 is 26.7 Å². The van der Waals surface area contributed by atoms with Crippen LogP contribution in [0.1, 0.15) is 36.8 Å². The van der Waals surface area contributed by atoms with E-state index in [0.717, 1.165) is 35.0 Å². The Morgan fingerprint density at radius 1 is 1.12 bits per heavy atom. The molecule has 1 heterocycles. The third-order valence-electron chi connectivity index (χ3n) is 5.80. The molecule has 1 amide bonds. The Bertz CT molecular complexity index is 1060. The molecular formula is C22H20F5N3OS. The monoisotopic (exact) mass is 469 g/mol. The van der Waals surface area contributed by atoms with Gasteiger partial charge in [0, 0.05) is 5.56 Å². The Morgan fingerprint density at radius 3 is 2.41 bits per heavy atom. The Hall–Kier alpha value is -2.46. The van der Waals surface area contributed by atoms with Gasteiger partial charge < -0.3 is 5.73 Å². The van der Waals surface area contributed by atoms with Crippen LogP contribution in [0, 0.1) is 17.0 Å². The molecule has 0 bridgehead atoms. The fourth-order valence-electron chi connectivity index (χ4n) is 3.84. The highest BCUT2D eigenvalue weighted by Gasteiger charge is 2.71. The summed E-state index contributed by atoms with van der Waals surface area (Å²) in [5, 5.41) is 4.95. The lowest BCUT2D eigenvalue weighted by molar-refractivity contribution is -0.200. The lowest BCUT2D eigenvalue weighted by Gasteiger charge is -2.38. The fourth-order valence-corrected chi connectivity index (χ4v) is 5.26. The quantitative estimate of drug-likeness (QED) is 0.597. The summed E-state index contributed by atoms with van der Waals surface area (Å²) in [5.41, 5.74) is 3.48. The van der Waals surface area contributed by atoms with Crippen molar-refractivity contribution >= 4 is 22.7 Å². The van der Waals surface area contributed by atoms with Crippen LogP contribution in [-0.4, -0.2) is 28.7 Å². The summed E-state index contributed by atoms with van der Waals surface area (Å²) in [6.45, 7) is 0.227. The number of halogens is 5. The summed E-state index contributed by atoms with van der Waals surface area (Å²) in [6, 6.07) is 11.3. The maximum absolute atomic E-state index is 14.5. The van der Waals surface area contributed by atoms with E-state index in [1.807, 2.05) is 0 Å². The molecule has 1 saturated carbocycles. The second-order valence-electron chi connectivity index (χ2n) is 7.87. The van der Waals surface area contributed by atoms with Crippen LogP contribution in [-0.2, 0) is 9.67 Å². The molecule has 2 N–H and O–H groups in total. The van der Waals surface area contributed by atoms with Gasteiger partial charge in [0.15, 0.2) is 0 Å². The highest BCUT2D eigenvalue weighted by atomic mass is 32.2. The van der Waals surface area contributed by atoms with Gasteiger partial charge in [0.1, 0.15) is 27.0 Å². The third-order valence-corrected chi connectivity index (χ3v) is 7.24. The Morgan fingerprint density at radius 2 is 1.81 bits per heavy atom. The fraction of sp³-hybridized carbons (Fsp3) is 0.364. The number of nitrogens with two attached hydrogens (primary N) is 1. The average molecular weight is 469 g/mol. The van der Waals surface area contributed by atoms with E-state index in [1.54, 1.807) is 30.3 Å². The van der Waals surface area contributed by atoms with Gasteiger partial charge in [-0.05, 0) is 56.0 Å². The number of nitrogens with zero attached hydrogens (tertiary/aromatic N) is 2. The minimum absolute atomic E-state index is 0.0609. The van der Waals surface area contributed by atoms with E-state index in [-0.39, 0.29) is 36.4 Å². The zero-order valence-electron chi connectivity index (χ0n) is 16.8. The molecule has 0 radical (unpaired) electrons. The molecule has 4 nitrogen and oxygen atoms in total. The van der Waals surface area contributed by atoms with Gasteiger partial charge in [-0.15, -0.1) is 0 Å².